The molecule has 0 unspecified atom stereocenters. The molecular formula is C30H37Br2Cl4LiO7. The monoisotopic (exact) mass is 814 g/mol. The van der Waals surface area contributed by atoms with Gasteiger partial charge in [-0.3, -0.25) is 28.8 Å². The van der Waals surface area contributed by atoms with Crippen LogP contribution in [-0.4, -0.2) is 53.9 Å². The van der Waals surface area contributed by atoms with Gasteiger partial charge in [0, 0.05) is 40.3 Å². The third kappa shape index (κ3) is 6.72. The molecule has 0 radical (unpaired) electrons. The standard InChI is InChI=1S/C8H9ClO2.C8H10O3.C5H6Br2Cl2.C5H6.C3H3ClO2.CH3.Li/c1-5(10)7-2-8(3-7,4-7)6(9)11;1-5(9)7-2-8(3-7,4-7)6(10)11;6-5(7)1-4(5,2-8)3-9;1-4-2-5(1,4)3-4;1-2(5)3(4)6;;/h2-4H2,1H3;2-4H2,1H3,(H,10,11);1-3H2;1-3H2;1H3;1H3;/q;;;;;-1;+1. The minimum absolute atomic E-state index is 0. The maximum atomic E-state index is 11.0. The van der Waals surface area contributed by atoms with Crippen LogP contribution in [0.3, 0.4) is 0 Å². The summed E-state index contributed by atoms with van der Waals surface area (Å²) in [5.41, 5.74) is 1.10. The van der Waals surface area contributed by atoms with Crippen molar-refractivity contribution in [1.82, 2.24) is 0 Å². The molecule has 10 aliphatic carbocycles. The summed E-state index contributed by atoms with van der Waals surface area (Å²) in [5, 5.41) is 7.56. The first kappa shape index (κ1) is 40.7. The zero-order valence-electron chi connectivity index (χ0n) is 25.6. The number of ketones is 3. The van der Waals surface area contributed by atoms with Crippen LogP contribution >= 0.6 is 78.3 Å². The predicted molar refractivity (Wildman–Crippen MR) is 173 cm³/mol. The topological polar surface area (TPSA) is 123 Å². The average Bonchev–Trinajstić information content (AvgIpc) is 3.60. The molecular weight excluding hydrogens is 781 g/mol. The number of carbonyl (C=O) groups excluding carboxylic acids is 5. The van der Waals surface area contributed by atoms with Crippen molar-refractivity contribution in [3.63, 3.8) is 0 Å². The van der Waals surface area contributed by atoms with Gasteiger partial charge in [-0.2, -0.15) is 0 Å². The number of carbonyl (C=O) groups is 6. The number of halogens is 6. The number of alkyl halides is 4. The summed E-state index contributed by atoms with van der Waals surface area (Å²) in [6, 6.07) is 0. The predicted octanol–water partition coefficient (Wildman–Crippen LogP) is 4.65. The third-order valence-electron chi connectivity index (χ3n) is 11.2. The Bertz CT molecular complexity index is 1100. The van der Waals surface area contributed by atoms with Crippen LogP contribution in [0.1, 0.15) is 85.0 Å². The van der Waals surface area contributed by atoms with Gasteiger partial charge in [0.05, 0.1) is 8.65 Å². The Labute approximate surface area is 307 Å². The summed E-state index contributed by atoms with van der Waals surface area (Å²) >= 11 is 28.3. The van der Waals surface area contributed by atoms with E-state index < -0.39 is 22.4 Å². The van der Waals surface area contributed by atoms with Crippen LogP contribution in [0, 0.1) is 45.3 Å². The Morgan fingerprint density at radius 2 is 0.909 bits per heavy atom. The van der Waals surface area contributed by atoms with E-state index >= 15 is 0 Å². The number of carboxylic acids is 1. The molecule has 0 aromatic rings. The van der Waals surface area contributed by atoms with Crippen molar-refractivity contribution in [2.45, 2.75) is 88.2 Å². The second-order valence-electron chi connectivity index (χ2n) is 14.2. The molecule has 0 spiro atoms. The Balaban J connectivity index is 0.000000194. The summed E-state index contributed by atoms with van der Waals surface area (Å²) in [5.74, 6) is 0.287. The van der Waals surface area contributed by atoms with Gasteiger partial charge in [0.1, 0.15) is 11.6 Å². The van der Waals surface area contributed by atoms with Gasteiger partial charge in [-0.1, -0.05) is 31.9 Å². The number of hydrogen-bond acceptors (Lipinski definition) is 6. The minimum Gasteiger partial charge on any atom is -0.481 e. The maximum absolute atomic E-state index is 11.0. The number of Topliss-reactive ketones (excluding diaryl/α,β-unsaturated/α-hetero) is 3. The molecule has 10 saturated carbocycles. The first-order chi connectivity index (χ1) is 19.1. The number of rotatable bonds is 7. The smallest absolute Gasteiger partial charge is 0.481 e. The van der Waals surface area contributed by atoms with E-state index in [-0.39, 0.29) is 68.0 Å². The zero-order valence-corrected chi connectivity index (χ0v) is 31.8. The van der Waals surface area contributed by atoms with Gasteiger partial charge in [-0.05, 0) is 112 Å². The van der Waals surface area contributed by atoms with E-state index in [9.17, 15) is 28.8 Å². The summed E-state index contributed by atoms with van der Waals surface area (Å²) in [4.78, 5) is 62.6. The normalized spacial score (nSPS) is 39.9. The Morgan fingerprint density at radius 3 is 1.02 bits per heavy atom. The first-order valence-electron chi connectivity index (χ1n) is 13.8. The number of carboxylic acid groups (broad SMARTS) is 1. The van der Waals surface area contributed by atoms with E-state index in [2.05, 4.69) is 43.5 Å². The molecule has 1 N–H and O–H groups in total. The van der Waals surface area contributed by atoms with E-state index in [1.807, 2.05) is 0 Å². The first-order valence-corrected chi connectivity index (χ1v) is 17.2. The maximum Gasteiger partial charge on any atom is 1.00 e. The molecule has 7 nitrogen and oxygen atoms in total. The average molecular weight is 818 g/mol. The fourth-order valence-electron chi connectivity index (χ4n) is 7.12. The van der Waals surface area contributed by atoms with Crippen molar-refractivity contribution in [2.75, 3.05) is 11.8 Å². The van der Waals surface area contributed by atoms with E-state index in [0.29, 0.717) is 50.3 Å². The van der Waals surface area contributed by atoms with Gasteiger partial charge in [-0.15, -0.1) is 23.2 Å². The molecule has 242 valence electrons. The molecule has 0 aromatic heterocycles. The number of hydrogen-bond donors (Lipinski definition) is 1. The fraction of sp³-hybridized carbons (Fsp3) is 0.767. The van der Waals surface area contributed by atoms with Gasteiger partial charge >= 0.3 is 24.8 Å². The second-order valence-corrected chi connectivity index (χ2v) is 19.2. The molecule has 4 bridgehead atoms. The Hall–Kier alpha value is 0.537. The van der Waals surface area contributed by atoms with Crippen molar-refractivity contribution < 1.29 is 52.7 Å². The number of aliphatic carboxylic acids is 1. The summed E-state index contributed by atoms with van der Waals surface area (Å²) in [6.45, 7) is 4.28. The molecule has 0 amide bonds. The molecule has 10 aliphatic rings. The fourth-order valence-corrected chi connectivity index (χ4v) is 10.5. The molecule has 44 heavy (non-hydrogen) atoms. The van der Waals surface area contributed by atoms with Crippen LogP contribution in [0.5, 0.6) is 0 Å². The van der Waals surface area contributed by atoms with Crippen molar-refractivity contribution >= 4 is 112 Å². The molecule has 0 aromatic carbocycles. The van der Waals surface area contributed by atoms with Gasteiger partial charge in [0.2, 0.25) is 11.0 Å². The van der Waals surface area contributed by atoms with Crippen LogP contribution in [0.2, 0.25) is 0 Å². The van der Waals surface area contributed by atoms with E-state index in [1.165, 1.54) is 0 Å². The van der Waals surface area contributed by atoms with Gasteiger partial charge in [0.25, 0.3) is 5.24 Å². The van der Waals surface area contributed by atoms with Crippen LogP contribution in [0.25, 0.3) is 0 Å². The van der Waals surface area contributed by atoms with E-state index in [4.69, 9.17) is 39.9 Å². The second kappa shape index (κ2) is 12.8. The summed E-state index contributed by atoms with van der Waals surface area (Å²) in [6.07, 6.45) is 9.78. The molecule has 0 aliphatic heterocycles. The zero-order chi connectivity index (χ0) is 31.9. The Morgan fingerprint density at radius 1 is 0.636 bits per heavy atom. The molecule has 10 fully saturated rings. The summed E-state index contributed by atoms with van der Waals surface area (Å²) < 4.78 is 0.0243. The molecule has 10 rings (SSSR count). The van der Waals surface area contributed by atoms with Gasteiger partial charge in [-0.25, -0.2) is 0 Å². The van der Waals surface area contributed by atoms with Crippen molar-refractivity contribution in [1.29, 1.82) is 0 Å². The van der Waals surface area contributed by atoms with Gasteiger partial charge in [0.15, 0.2) is 0 Å². The largest absolute Gasteiger partial charge is 1.00 e. The van der Waals surface area contributed by atoms with Crippen LogP contribution < -0.4 is 18.9 Å². The van der Waals surface area contributed by atoms with E-state index in [1.54, 1.807) is 33.1 Å². The van der Waals surface area contributed by atoms with Crippen molar-refractivity contribution in [3.8, 4) is 0 Å². The quantitative estimate of drug-likeness (QED) is 0.131. The van der Waals surface area contributed by atoms with E-state index in [0.717, 1.165) is 24.2 Å². The molecule has 0 atom stereocenters. The molecule has 0 heterocycles. The minimum atomic E-state index is -0.907. The molecule has 14 heteroatoms. The molecule has 0 saturated heterocycles. The van der Waals surface area contributed by atoms with Crippen molar-refractivity contribution in [3.05, 3.63) is 7.43 Å². The van der Waals surface area contributed by atoms with Crippen LogP contribution in [0.4, 0.5) is 0 Å². The third-order valence-corrected chi connectivity index (χ3v) is 15.1. The van der Waals surface area contributed by atoms with Crippen LogP contribution in [0.15, 0.2) is 0 Å². The Kier molecular flexibility index (Phi) is 11.8. The van der Waals surface area contributed by atoms with Crippen molar-refractivity contribution in [2.24, 2.45) is 37.9 Å². The van der Waals surface area contributed by atoms with Gasteiger partial charge < -0.3 is 12.5 Å². The summed E-state index contributed by atoms with van der Waals surface area (Å²) in [7, 11) is 0. The SMILES string of the molecule is C1C23CC12C3.CC(=O)C(=O)Cl.CC(=O)C12CC(C(=O)Cl)(C1)C2.CC(=O)C12CC(C(=O)O)(C1)C2.ClCC1(CCl)CC1(Br)Br.[CH3-].[Li+]. The van der Waals surface area contributed by atoms with Crippen LogP contribution in [-0.2, 0) is 28.8 Å².